The molecule has 0 unspecified atom stereocenters. The van der Waals surface area contributed by atoms with E-state index >= 15 is 0 Å². The van der Waals surface area contributed by atoms with Crippen LogP contribution in [0.15, 0.2) is 48.5 Å². The maximum absolute atomic E-state index is 13.2. The first-order valence-electron chi connectivity index (χ1n) is 6.13. The van der Waals surface area contributed by atoms with Crippen molar-refractivity contribution in [2.24, 2.45) is 0 Å². The molecule has 1 aromatic heterocycles. The van der Waals surface area contributed by atoms with Gasteiger partial charge in [0.1, 0.15) is 11.6 Å². The summed E-state index contributed by atoms with van der Waals surface area (Å²) in [4.78, 5) is 0. The van der Waals surface area contributed by atoms with Crippen LogP contribution in [-0.4, -0.2) is 4.57 Å². The van der Waals surface area contributed by atoms with E-state index in [9.17, 15) is 8.78 Å². The predicted molar refractivity (Wildman–Crippen MR) is 72.1 cm³/mol. The van der Waals surface area contributed by atoms with E-state index in [4.69, 9.17) is 0 Å². The molecule has 1 heterocycles. The van der Waals surface area contributed by atoms with E-state index < -0.39 is 11.6 Å². The van der Waals surface area contributed by atoms with Crippen LogP contribution in [0.2, 0.25) is 0 Å². The zero-order valence-corrected chi connectivity index (χ0v) is 10.5. The minimum atomic E-state index is -0.538. The summed E-state index contributed by atoms with van der Waals surface area (Å²) < 4.78 is 28.5. The first-order chi connectivity index (χ1) is 9.13. The summed E-state index contributed by atoms with van der Waals surface area (Å²) in [5.41, 5.74) is 2.78. The van der Waals surface area contributed by atoms with Gasteiger partial charge in [0.25, 0.3) is 0 Å². The molecule has 0 aliphatic carbocycles. The molecule has 0 aliphatic rings. The van der Waals surface area contributed by atoms with E-state index in [1.165, 1.54) is 12.1 Å². The number of rotatable bonds is 2. The molecular formula is C16H13F2N. The monoisotopic (exact) mass is 257 g/mol. The van der Waals surface area contributed by atoms with Gasteiger partial charge in [-0.1, -0.05) is 18.2 Å². The Balaban J connectivity index is 2.07. The van der Waals surface area contributed by atoms with Crippen molar-refractivity contribution in [3.63, 3.8) is 0 Å². The number of nitrogens with zero attached hydrogens (tertiary/aromatic N) is 1. The molecule has 0 saturated heterocycles. The number of benzene rings is 2. The van der Waals surface area contributed by atoms with Crippen LogP contribution in [0.5, 0.6) is 0 Å². The zero-order valence-electron chi connectivity index (χ0n) is 10.5. The van der Waals surface area contributed by atoms with Gasteiger partial charge >= 0.3 is 0 Å². The number of aromatic nitrogens is 1. The lowest BCUT2D eigenvalue weighted by Gasteiger charge is -2.09. The van der Waals surface area contributed by atoms with Gasteiger partial charge in [0, 0.05) is 23.8 Å². The fourth-order valence-electron chi connectivity index (χ4n) is 2.44. The highest BCUT2D eigenvalue weighted by Gasteiger charge is 2.07. The van der Waals surface area contributed by atoms with Gasteiger partial charge in [-0.05, 0) is 42.1 Å². The van der Waals surface area contributed by atoms with Gasteiger partial charge in [0.05, 0.1) is 0 Å². The normalized spacial score (nSPS) is 11.1. The van der Waals surface area contributed by atoms with Crippen molar-refractivity contribution in [2.45, 2.75) is 13.5 Å². The highest BCUT2D eigenvalue weighted by atomic mass is 19.1. The standard InChI is InChI=1S/C16H13F2N/c1-11-6-13-4-2-3-5-16(13)19(11)10-12-7-14(17)9-15(18)8-12/h2-9H,10H2,1H3. The fraction of sp³-hybridized carbons (Fsp3) is 0.125. The van der Waals surface area contributed by atoms with Crippen LogP contribution in [0.3, 0.4) is 0 Å². The Morgan fingerprint density at radius 2 is 1.63 bits per heavy atom. The van der Waals surface area contributed by atoms with Crippen LogP contribution in [0.25, 0.3) is 10.9 Å². The van der Waals surface area contributed by atoms with Gasteiger partial charge in [0.15, 0.2) is 0 Å². The summed E-state index contributed by atoms with van der Waals surface area (Å²) in [7, 11) is 0. The third kappa shape index (κ3) is 2.24. The topological polar surface area (TPSA) is 4.93 Å². The Morgan fingerprint density at radius 1 is 0.947 bits per heavy atom. The van der Waals surface area contributed by atoms with Crippen molar-refractivity contribution in [3.8, 4) is 0 Å². The molecule has 1 nitrogen and oxygen atoms in total. The number of fused-ring (bicyclic) bond motifs is 1. The van der Waals surface area contributed by atoms with E-state index in [0.717, 1.165) is 22.7 Å². The first kappa shape index (κ1) is 11.9. The molecule has 0 fully saturated rings. The number of halogens is 2. The van der Waals surface area contributed by atoms with E-state index in [1.807, 2.05) is 31.2 Å². The average Bonchev–Trinajstić information content (AvgIpc) is 2.65. The van der Waals surface area contributed by atoms with E-state index in [1.54, 1.807) is 0 Å². The molecule has 0 bridgehead atoms. The van der Waals surface area contributed by atoms with Gasteiger partial charge in [-0.25, -0.2) is 8.78 Å². The van der Waals surface area contributed by atoms with Gasteiger partial charge in [-0.2, -0.15) is 0 Å². The third-order valence-corrected chi connectivity index (χ3v) is 3.28. The van der Waals surface area contributed by atoms with Gasteiger partial charge in [-0.3, -0.25) is 0 Å². The summed E-state index contributed by atoms with van der Waals surface area (Å²) in [6.07, 6.45) is 0. The zero-order chi connectivity index (χ0) is 13.4. The largest absolute Gasteiger partial charge is 0.340 e. The maximum atomic E-state index is 13.2. The molecule has 0 aliphatic heterocycles. The van der Waals surface area contributed by atoms with Crippen LogP contribution in [0.4, 0.5) is 8.78 Å². The summed E-state index contributed by atoms with van der Waals surface area (Å²) in [5.74, 6) is -1.08. The maximum Gasteiger partial charge on any atom is 0.126 e. The molecule has 19 heavy (non-hydrogen) atoms. The lowest BCUT2D eigenvalue weighted by molar-refractivity contribution is 0.577. The van der Waals surface area contributed by atoms with Crippen molar-refractivity contribution in [1.29, 1.82) is 0 Å². The van der Waals surface area contributed by atoms with Crippen LogP contribution in [0.1, 0.15) is 11.3 Å². The Bertz CT molecular complexity index is 723. The molecule has 2 aromatic carbocycles. The third-order valence-electron chi connectivity index (χ3n) is 3.28. The molecular weight excluding hydrogens is 244 g/mol. The first-order valence-corrected chi connectivity index (χ1v) is 6.13. The van der Waals surface area contributed by atoms with Crippen molar-refractivity contribution >= 4 is 10.9 Å². The summed E-state index contributed by atoms with van der Waals surface area (Å²) in [6, 6.07) is 13.7. The Morgan fingerprint density at radius 3 is 2.37 bits per heavy atom. The Hall–Kier alpha value is -2.16. The SMILES string of the molecule is Cc1cc2ccccc2n1Cc1cc(F)cc(F)c1. The smallest absolute Gasteiger partial charge is 0.126 e. The average molecular weight is 257 g/mol. The van der Waals surface area contributed by atoms with Crippen LogP contribution in [0, 0.1) is 18.6 Å². The fourth-order valence-corrected chi connectivity index (χ4v) is 2.44. The highest BCUT2D eigenvalue weighted by Crippen LogP contribution is 2.21. The molecule has 3 heteroatoms. The molecule has 0 radical (unpaired) electrons. The van der Waals surface area contributed by atoms with Gasteiger partial charge < -0.3 is 4.57 Å². The molecule has 0 amide bonds. The van der Waals surface area contributed by atoms with Crippen molar-refractivity contribution in [3.05, 3.63) is 71.4 Å². The van der Waals surface area contributed by atoms with Crippen LogP contribution >= 0.6 is 0 Å². The van der Waals surface area contributed by atoms with E-state index in [-0.39, 0.29) is 0 Å². The second kappa shape index (κ2) is 4.50. The lowest BCUT2D eigenvalue weighted by Crippen LogP contribution is -2.02. The summed E-state index contributed by atoms with van der Waals surface area (Å²) >= 11 is 0. The number of para-hydroxylation sites is 1. The van der Waals surface area contributed by atoms with Crippen molar-refractivity contribution in [1.82, 2.24) is 4.57 Å². The van der Waals surface area contributed by atoms with Crippen molar-refractivity contribution < 1.29 is 8.78 Å². The minimum Gasteiger partial charge on any atom is -0.340 e. The summed E-state index contributed by atoms with van der Waals surface area (Å²) in [5, 5.41) is 1.14. The molecule has 3 rings (SSSR count). The molecule has 96 valence electrons. The van der Waals surface area contributed by atoms with Crippen LogP contribution in [-0.2, 0) is 6.54 Å². The molecule has 0 saturated carbocycles. The molecule has 0 atom stereocenters. The minimum absolute atomic E-state index is 0.466. The van der Waals surface area contributed by atoms with Crippen molar-refractivity contribution in [2.75, 3.05) is 0 Å². The number of hydrogen-bond acceptors (Lipinski definition) is 0. The number of hydrogen-bond donors (Lipinski definition) is 0. The molecule has 3 aromatic rings. The second-order valence-electron chi connectivity index (χ2n) is 4.71. The lowest BCUT2D eigenvalue weighted by atomic mass is 10.2. The van der Waals surface area contributed by atoms with E-state index in [2.05, 4.69) is 10.6 Å². The van der Waals surface area contributed by atoms with Gasteiger partial charge in [-0.15, -0.1) is 0 Å². The van der Waals surface area contributed by atoms with Gasteiger partial charge in [0.2, 0.25) is 0 Å². The number of aryl methyl sites for hydroxylation is 1. The Kier molecular flexibility index (Phi) is 2.82. The Labute approximate surface area is 110 Å². The molecule has 0 spiro atoms. The van der Waals surface area contributed by atoms with E-state index in [0.29, 0.717) is 12.1 Å². The summed E-state index contributed by atoms with van der Waals surface area (Å²) in [6.45, 7) is 2.46. The second-order valence-corrected chi connectivity index (χ2v) is 4.71. The quantitative estimate of drug-likeness (QED) is 0.646. The molecule has 0 N–H and O–H groups in total. The highest BCUT2D eigenvalue weighted by molar-refractivity contribution is 5.81. The van der Waals surface area contributed by atoms with Crippen LogP contribution < -0.4 is 0 Å². The predicted octanol–water partition coefficient (Wildman–Crippen LogP) is 4.28.